The lowest BCUT2D eigenvalue weighted by Crippen LogP contribution is -2.38. The number of benzene rings is 3. The van der Waals surface area contributed by atoms with E-state index < -0.39 is 0 Å². The molecule has 6 heteroatoms. The number of aryl methyl sites for hydroxylation is 1. The first-order chi connectivity index (χ1) is 14.6. The van der Waals surface area contributed by atoms with Crippen LogP contribution in [0.15, 0.2) is 71.2 Å². The van der Waals surface area contributed by atoms with Crippen LogP contribution < -0.4 is 9.64 Å². The van der Waals surface area contributed by atoms with E-state index in [-0.39, 0.29) is 18.7 Å². The third-order valence-electron chi connectivity index (χ3n) is 5.25. The van der Waals surface area contributed by atoms with E-state index in [4.69, 9.17) is 21.1 Å². The molecule has 1 aliphatic rings. The van der Waals surface area contributed by atoms with Crippen molar-refractivity contribution >= 4 is 39.3 Å². The van der Waals surface area contributed by atoms with Gasteiger partial charge in [-0.3, -0.25) is 4.90 Å². The Morgan fingerprint density at radius 2 is 1.93 bits per heavy atom. The van der Waals surface area contributed by atoms with Gasteiger partial charge in [-0.15, -0.1) is 0 Å². The van der Waals surface area contributed by atoms with E-state index in [1.54, 1.807) is 12.0 Å². The molecule has 0 bridgehead atoms. The minimum atomic E-state index is -0.387. The highest BCUT2D eigenvalue weighted by molar-refractivity contribution is 9.10. The van der Waals surface area contributed by atoms with Crippen molar-refractivity contribution in [2.45, 2.75) is 25.5 Å². The first-order valence-electron chi connectivity index (χ1n) is 9.68. The number of carbonyl (C=O) groups excluding carboxylic acids is 1. The topological polar surface area (TPSA) is 38.8 Å². The number of amides is 1. The van der Waals surface area contributed by atoms with E-state index in [1.807, 2.05) is 66.7 Å². The Kier molecular flexibility index (Phi) is 6.30. The molecule has 1 atom stereocenters. The number of fused-ring (bicyclic) bond motifs is 1. The molecule has 3 aromatic rings. The van der Waals surface area contributed by atoms with Gasteiger partial charge in [-0.1, -0.05) is 54.1 Å². The number of halogens is 2. The molecule has 4 nitrogen and oxygen atoms in total. The normalized spacial score (nSPS) is 15.4. The molecule has 1 amide bonds. The molecule has 0 radical (unpaired) electrons. The summed E-state index contributed by atoms with van der Waals surface area (Å²) >= 11 is 9.79. The highest BCUT2D eigenvalue weighted by Gasteiger charge is 2.34. The molecule has 0 spiro atoms. The number of methoxy groups -OCH3 is 1. The van der Waals surface area contributed by atoms with E-state index in [0.717, 1.165) is 45.4 Å². The average molecular weight is 487 g/mol. The lowest BCUT2D eigenvalue weighted by atomic mass is 9.91. The van der Waals surface area contributed by atoms with Crippen molar-refractivity contribution in [1.29, 1.82) is 0 Å². The van der Waals surface area contributed by atoms with Crippen LogP contribution in [0.2, 0.25) is 5.02 Å². The molecule has 1 heterocycles. The maximum atomic E-state index is 13.3. The van der Waals surface area contributed by atoms with Gasteiger partial charge in [0.25, 0.3) is 0 Å². The second kappa shape index (κ2) is 9.11. The lowest BCUT2D eigenvalue weighted by Gasteiger charge is -2.37. The third kappa shape index (κ3) is 4.32. The quantitative estimate of drug-likeness (QED) is 0.401. The van der Waals surface area contributed by atoms with E-state index in [2.05, 4.69) is 15.9 Å². The molecule has 0 N–H and O–H groups in total. The molecule has 0 saturated heterocycles. The summed E-state index contributed by atoms with van der Waals surface area (Å²) < 4.78 is 11.9. The Morgan fingerprint density at radius 3 is 2.67 bits per heavy atom. The van der Waals surface area contributed by atoms with Crippen LogP contribution in [-0.2, 0) is 17.8 Å². The third-order valence-corrected chi connectivity index (χ3v) is 6.10. The number of hydrogen-bond donors (Lipinski definition) is 0. The van der Waals surface area contributed by atoms with Gasteiger partial charge in [-0.2, -0.15) is 0 Å². The van der Waals surface area contributed by atoms with Crippen LogP contribution in [0.1, 0.15) is 29.2 Å². The standard InChI is InChI=1S/C24H21BrClNO3/c1-29-23-13-18-10-11-21(17-8-5-9-19(26)12-17)27(22(18)14-20(23)25)24(28)30-15-16-6-3-2-4-7-16/h2-9,12-14,21H,10-11,15H2,1H3. The predicted octanol–water partition coefficient (Wildman–Crippen LogP) is 6.94. The minimum Gasteiger partial charge on any atom is -0.496 e. The van der Waals surface area contributed by atoms with E-state index in [0.29, 0.717) is 5.02 Å². The Morgan fingerprint density at radius 1 is 1.13 bits per heavy atom. The summed E-state index contributed by atoms with van der Waals surface area (Å²) in [6, 6.07) is 21.1. The van der Waals surface area contributed by atoms with Crippen LogP contribution >= 0.6 is 27.5 Å². The van der Waals surface area contributed by atoms with Gasteiger partial charge in [-0.25, -0.2) is 4.79 Å². The van der Waals surface area contributed by atoms with Gasteiger partial charge in [-0.05, 0) is 69.7 Å². The summed E-state index contributed by atoms with van der Waals surface area (Å²) in [4.78, 5) is 15.0. The molecule has 4 rings (SSSR count). The van der Waals surface area contributed by atoms with Crippen molar-refractivity contribution in [2.24, 2.45) is 0 Å². The molecule has 0 aliphatic carbocycles. The summed E-state index contributed by atoms with van der Waals surface area (Å²) in [6.07, 6.45) is 1.19. The Balaban J connectivity index is 1.70. The average Bonchev–Trinajstić information content (AvgIpc) is 2.77. The fourth-order valence-corrected chi connectivity index (χ4v) is 4.49. The van der Waals surface area contributed by atoms with E-state index in [1.165, 1.54) is 0 Å². The van der Waals surface area contributed by atoms with Crippen LogP contribution in [0, 0.1) is 0 Å². The number of hydrogen-bond acceptors (Lipinski definition) is 3. The van der Waals surface area contributed by atoms with Crippen LogP contribution in [0.5, 0.6) is 5.75 Å². The van der Waals surface area contributed by atoms with Gasteiger partial charge in [0.15, 0.2) is 0 Å². The summed E-state index contributed by atoms with van der Waals surface area (Å²) in [7, 11) is 1.63. The predicted molar refractivity (Wildman–Crippen MR) is 122 cm³/mol. The summed E-state index contributed by atoms with van der Waals surface area (Å²) in [5.74, 6) is 0.743. The molecule has 154 valence electrons. The SMILES string of the molecule is COc1cc2c(cc1Br)N(C(=O)OCc1ccccc1)C(c1cccc(Cl)c1)CC2. The highest BCUT2D eigenvalue weighted by Crippen LogP contribution is 2.43. The van der Waals surface area contributed by atoms with Gasteiger partial charge in [0, 0.05) is 5.02 Å². The molecule has 1 unspecified atom stereocenters. The maximum Gasteiger partial charge on any atom is 0.415 e. The summed E-state index contributed by atoms with van der Waals surface area (Å²) in [5, 5.41) is 0.645. The number of rotatable bonds is 4. The fourth-order valence-electron chi connectivity index (χ4n) is 3.80. The van der Waals surface area contributed by atoms with E-state index >= 15 is 0 Å². The van der Waals surface area contributed by atoms with Gasteiger partial charge in [0.05, 0.1) is 23.3 Å². The number of anilines is 1. The van der Waals surface area contributed by atoms with E-state index in [9.17, 15) is 4.79 Å². The Bertz CT molecular complexity index is 1060. The Labute approximate surface area is 189 Å². The molecule has 30 heavy (non-hydrogen) atoms. The monoisotopic (exact) mass is 485 g/mol. The zero-order valence-corrected chi connectivity index (χ0v) is 18.8. The molecular formula is C24H21BrClNO3. The Hall–Kier alpha value is -2.50. The van der Waals surface area contributed by atoms with Gasteiger partial charge in [0.1, 0.15) is 12.4 Å². The van der Waals surface area contributed by atoms with Crippen molar-refractivity contribution in [3.63, 3.8) is 0 Å². The number of carbonyl (C=O) groups is 1. The molecule has 3 aromatic carbocycles. The fraction of sp³-hybridized carbons (Fsp3) is 0.208. The zero-order chi connectivity index (χ0) is 21.1. The van der Waals surface area contributed by atoms with Crippen molar-refractivity contribution in [3.05, 3.63) is 92.9 Å². The van der Waals surface area contributed by atoms with Gasteiger partial charge < -0.3 is 9.47 Å². The smallest absolute Gasteiger partial charge is 0.415 e. The van der Waals surface area contributed by atoms with Crippen LogP contribution in [0.4, 0.5) is 10.5 Å². The molecule has 0 aromatic heterocycles. The largest absolute Gasteiger partial charge is 0.496 e. The summed E-state index contributed by atoms with van der Waals surface area (Å²) in [6.45, 7) is 0.213. The number of nitrogens with zero attached hydrogens (tertiary/aromatic N) is 1. The van der Waals surface area contributed by atoms with Crippen molar-refractivity contribution in [1.82, 2.24) is 0 Å². The second-order valence-electron chi connectivity index (χ2n) is 7.14. The van der Waals surface area contributed by atoms with Crippen LogP contribution in [-0.4, -0.2) is 13.2 Å². The van der Waals surface area contributed by atoms with Crippen LogP contribution in [0.3, 0.4) is 0 Å². The minimum absolute atomic E-state index is 0.167. The van der Waals surface area contributed by atoms with Crippen molar-refractivity contribution in [2.75, 3.05) is 12.0 Å². The molecule has 1 aliphatic heterocycles. The van der Waals surface area contributed by atoms with Gasteiger partial charge in [0.2, 0.25) is 0 Å². The maximum absolute atomic E-state index is 13.3. The number of ether oxygens (including phenoxy) is 2. The molecule has 0 saturated carbocycles. The lowest BCUT2D eigenvalue weighted by molar-refractivity contribution is 0.143. The first kappa shape index (κ1) is 20.8. The summed E-state index contributed by atoms with van der Waals surface area (Å²) in [5.41, 5.74) is 3.79. The molecule has 0 fully saturated rings. The second-order valence-corrected chi connectivity index (χ2v) is 8.43. The first-order valence-corrected chi connectivity index (χ1v) is 10.9. The van der Waals surface area contributed by atoms with Crippen molar-refractivity contribution < 1.29 is 14.3 Å². The molecular weight excluding hydrogens is 466 g/mol. The highest BCUT2D eigenvalue weighted by atomic mass is 79.9. The van der Waals surface area contributed by atoms with Crippen molar-refractivity contribution in [3.8, 4) is 5.75 Å². The van der Waals surface area contributed by atoms with Gasteiger partial charge >= 0.3 is 6.09 Å². The van der Waals surface area contributed by atoms with Crippen LogP contribution in [0.25, 0.3) is 0 Å². The zero-order valence-electron chi connectivity index (χ0n) is 16.5.